The topological polar surface area (TPSA) is 93.2 Å². The summed E-state index contributed by atoms with van der Waals surface area (Å²) in [6.07, 6.45) is 9.99. The summed E-state index contributed by atoms with van der Waals surface area (Å²) in [5.41, 5.74) is 0.263. The lowest BCUT2D eigenvalue weighted by molar-refractivity contribution is -0.138. The Hall–Kier alpha value is -2.32. The smallest absolute Gasteiger partial charge is 0.253 e. The van der Waals surface area contributed by atoms with Crippen molar-refractivity contribution in [1.29, 1.82) is 0 Å². The molecule has 2 heterocycles. The molecule has 3 fully saturated rings. The van der Waals surface area contributed by atoms with Crippen LogP contribution in [0.5, 0.6) is 0 Å². The maximum absolute atomic E-state index is 11.5. The van der Waals surface area contributed by atoms with Gasteiger partial charge in [0.1, 0.15) is 0 Å². The van der Waals surface area contributed by atoms with Crippen LogP contribution in [-0.4, -0.2) is 72.9 Å². The molecule has 0 aromatic carbocycles. The van der Waals surface area contributed by atoms with Crippen LogP contribution in [-0.2, 0) is 28.7 Å². The summed E-state index contributed by atoms with van der Waals surface area (Å²) in [7, 11) is 0. The van der Waals surface area contributed by atoms with E-state index in [1.807, 2.05) is 0 Å². The molecule has 162 valence electrons. The first-order valence-electron chi connectivity index (χ1n) is 10.7. The minimum atomic E-state index is -0.242. The highest BCUT2D eigenvalue weighted by Gasteiger charge is 2.55. The fourth-order valence-corrected chi connectivity index (χ4v) is 5.12. The zero-order valence-electron chi connectivity index (χ0n) is 17.1. The minimum absolute atomic E-state index is 0.241. The van der Waals surface area contributed by atoms with Gasteiger partial charge in [-0.15, -0.1) is 0 Å². The summed E-state index contributed by atoms with van der Waals surface area (Å²) in [6, 6.07) is 0. The van der Waals surface area contributed by atoms with Gasteiger partial charge < -0.3 is 9.47 Å². The van der Waals surface area contributed by atoms with E-state index in [0.717, 1.165) is 19.6 Å². The molecule has 4 amide bonds. The Morgan fingerprint density at radius 1 is 0.767 bits per heavy atom. The second-order valence-corrected chi connectivity index (χ2v) is 8.79. The van der Waals surface area contributed by atoms with Gasteiger partial charge >= 0.3 is 0 Å². The number of carbonyl (C=O) groups is 4. The van der Waals surface area contributed by atoms with Crippen molar-refractivity contribution in [3.8, 4) is 0 Å². The number of ether oxygens (including phenoxy) is 2. The quantitative estimate of drug-likeness (QED) is 0.349. The highest BCUT2D eigenvalue weighted by Crippen LogP contribution is 2.61. The van der Waals surface area contributed by atoms with Gasteiger partial charge in [0.15, 0.2) is 0 Å². The van der Waals surface area contributed by atoms with Crippen molar-refractivity contribution in [3.05, 3.63) is 24.3 Å². The molecule has 30 heavy (non-hydrogen) atoms. The number of amides is 4. The van der Waals surface area contributed by atoms with Crippen molar-refractivity contribution in [2.45, 2.75) is 32.1 Å². The predicted octanol–water partition coefficient (Wildman–Crippen LogP) is 1.07. The molecule has 8 nitrogen and oxygen atoms in total. The normalized spacial score (nSPS) is 29.6. The highest BCUT2D eigenvalue weighted by atomic mass is 16.5. The molecule has 2 aliphatic heterocycles. The monoisotopic (exact) mass is 416 g/mol. The van der Waals surface area contributed by atoms with Gasteiger partial charge in [0.25, 0.3) is 23.6 Å². The van der Waals surface area contributed by atoms with E-state index in [4.69, 9.17) is 9.47 Å². The molecule has 5 aliphatic rings. The van der Waals surface area contributed by atoms with Gasteiger partial charge in [-0.2, -0.15) is 0 Å². The molecule has 0 aromatic rings. The van der Waals surface area contributed by atoms with Gasteiger partial charge in [0.05, 0.1) is 6.61 Å². The summed E-state index contributed by atoms with van der Waals surface area (Å²) in [5.74, 6) is 0.285. The highest BCUT2D eigenvalue weighted by molar-refractivity contribution is 6.13. The molecule has 5 rings (SSSR count). The summed E-state index contributed by atoms with van der Waals surface area (Å²) in [4.78, 5) is 48.5. The molecule has 8 heteroatoms. The molecular formula is C22H28N2O6. The first kappa shape index (κ1) is 20.9. The van der Waals surface area contributed by atoms with Crippen molar-refractivity contribution in [2.24, 2.45) is 17.3 Å². The molecule has 3 aliphatic carbocycles. The van der Waals surface area contributed by atoms with Crippen LogP contribution in [0.25, 0.3) is 0 Å². The molecule has 0 radical (unpaired) electrons. The second-order valence-electron chi connectivity index (χ2n) is 8.79. The lowest BCUT2D eigenvalue weighted by Gasteiger charge is -2.38. The van der Waals surface area contributed by atoms with E-state index in [1.54, 1.807) is 0 Å². The maximum Gasteiger partial charge on any atom is 0.253 e. The fourth-order valence-electron chi connectivity index (χ4n) is 5.12. The van der Waals surface area contributed by atoms with E-state index in [1.165, 1.54) is 46.9 Å². The number of hydrogen-bond donors (Lipinski definition) is 0. The summed E-state index contributed by atoms with van der Waals surface area (Å²) < 4.78 is 11.7. The van der Waals surface area contributed by atoms with Crippen molar-refractivity contribution >= 4 is 23.6 Å². The van der Waals surface area contributed by atoms with Crippen molar-refractivity contribution in [1.82, 2.24) is 9.80 Å². The standard InChI is InChI=1S/C22H28N2O6/c25-18-3-4-19(26)23(18)7-1-9-29-14-17-13-22(11-16(17)12-22)15-30-10-2-8-24-20(27)5-6-21(24)28/h3-6,16-17H,1-2,7-15H2/t16?,17-,22?/m0/s1. The lowest BCUT2D eigenvalue weighted by atomic mass is 9.70. The summed E-state index contributed by atoms with van der Waals surface area (Å²) >= 11 is 0. The van der Waals surface area contributed by atoms with Crippen LogP contribution < -0.4 is 0 Å². The van der Waals surface area contributed by atoms with Crippen LogP contribution in [0.2, 0.25) is 0 Å². The van der Waals surface area contributed by atoms with E-state index in [-0.39, 0.29) is 29.0 Å². The Morgan fingerprint density at radius 3 is 1.80 bits per heavy atom. The van der Waals surface area contributed by atoms with E-state index in [9.17, 15) is 19.2 Å². The van der Waals surface area contributed by atoms with Gasteiger partial charge in [0, 0.05) is 57.2 Å². The van der Waals surface area contributed by atoms with E-state index in [2.05, 4.69) is 0 Å². The van der Waals surface area contributed by atoms with Crippen molar-refractivity contribution in [3.63, 3.8) is 0 Å². The van der Waals surface area contributed by atoms with E-state index in [0.29, 0.717) is 51.0 Å². The lowest BCUT2D eigenvalue weighted by Crippen LogP contribution is -2.34. The van der Waals surface area contributed by atoms with E-state index < -0.39 is 0 Å². The van der Waals surface area contributed by atoms with Crippen LogP contribution >= 0.6 is 0 Å². The Morgan fingerprint density at radius 2 is 1.27 bits per heavy atom. The number of carbonyl (C=O) groups excluding carboxylic acids is 4. The molecule has 0 spiro atoms. The molecule has 0 N–H and O–H groups in total. The Bertz CT molecular complexity index is 746. The molecule has 0 aromatic heterocycles. The fraction of sp³-hybridized carbons (Fsp3) is 0.636. The van der Waals surface area contributed by atoms with Crippen molar-refractivity contribution < 1.29 is 28.7 Å². The third-order valence-corrected chi connectivity index (χ3v) is 6.63. The molecule has 2 bridgehead atoms. The Kier molecular flexibility index (Phi) is 6.15. The van der Waals surface area contributed by atoms with Crippen LogP contribution in [0.3, 0.4) is 0 Å². The maximum atomic E-state index is 11.5. The van der Waals surface area contributed by atoms with Crippen molar-refractivity contribution in [2.75, 3.05) is 39.5 Å². The van der Waals surface area contributed by atoms with E-state index >= 15 is 0 Å². The zero-order chi connectivity index (χ0) is 21.1. The second kappa shape index (κ2) is 8.81. The largest absolute Gasteiger partial charge is 0.381 e. The van der Waals surface area contributed by atoms with Crippen LogP contribution in [0, 0.1) is 17.3 Å². The average molecular weight is 416 g/mol. The first-order valence-corrected chi connectivity index (χ1v) is 10.7. The molecule has 1 atom stereocenters. The number of hydrogen-bond acceptors (Lipinski definition) is 6. The van der Waals surface area contributed by atoms with Gasteiger partial charge in [-0.3, -0.25) is 29.0 Å². The van der Waals surface area contributed by atoms with Gasteiger partial charge in [-0.1, -0.05) is 0 Å². The van der Waals surface area contributed by atoms with Gasteiger partial charge in [-0.05, 0) is 49.4 Å². The molecule has 3 saturated carbocycles. The summed E-state index contributed by atoms with van der Waals surface area (Å²) in [6.45, 7) is 3.35. The number of nitrogens with zero attached hydrogens (tertiary/aromatic N) is 2. The third kappa shape index (κ3) is 4.39. The van der Waals surface area contributed by atoms with Gasteiger partial charge in [-0.25, -0.2) is 0 Å². The molecule has 0 saturated heterocycles. The van der Waals surface area contributed by atoms with Crippen LogP contribution in [0.15, 0.2) is 24.3 Å². The summed E-state index contributed by atoms with van der Waals surface area (Å²) in [5, 5.41) is 0. The number of rotatable bonds is 12. The zero-order valence-corrected chi connectivity index (χ0v) is 17.1. The number of fused-ring (bicyclic) bond motifs is 1. The van der Waals surface area contributed by atoms with Crippen LogP contribution in [0.4, 0.5) is 0 Å². The minimum Gasteiger partial charge on any atom is -0.381 e. The Labute approximate surface area is 175 Å². The SMILES string of the molecule is O=C1C=CC(=O)N1CCCOC[C@@H]1CC2(COCCCN3C(=O)C=CC3=O)CC1C2. The molecule has 0 unspecified atom stereocenters. The van der Waals surface area contributed by atoms with Crippen LogP contribution in [0.1, 0.15) is 32.1 Å². The molecular weight excluding hydrogens is 388 g/mol. The third-order valence-electron chi connectivity index (χ3n) is 6.63. The van der Waals surface area contributed by atoms with Gasteiger partial charge in [0.2, 0.25) is 0 Å². The number of imide groups is 2. The average Bonchev–Trinajstić information content (AvgIpc) is 3.41. The first-order chi connectivity index (χ1) is 14.5. The Balaban J connectivity index is 1.05. The predicted molar refractivity (Wildman–Crippen MR) is 106 cm³/mol.